The standard InChI is InChI=1S/C50H34N2/c1-32-12-11-13-34(28-32)33-22-24-35(25-23-33)51-36-26-27-46-41(29-36)38-16-5-8-19-44(38)50(46)45-20-9-6-17-39(45)42-31-49-43(30-47(42)50)40-18-7-10-21-48(40)52(49)37-14-3-2-4-15-37/h2-31,51H,1H3. The van der Waals surface area contributed by atoms with Crippen LogP contribution in [0.1, 0.15) is 27.8 Å². The van der Waals surface area contributed by atoms with Gasteiger partial charge in [-0.2, -0.15) is 0 Å². The summed E-state index contributed by atoms with van der Waals surface area (Å²) in [4.78, 5) is 0. The molecule has 8 aromatic carbocycles. The van der Waals surface area contributed by atoms with Crippen molar-refractivity contribution in [2.24, 2.45) is 0 Å². The van der Waals surface area contributed by atoms with Crippen molar-refractivity contribution in [3.8, 4) is 39.1 Å². The molecular formula is C50H34N2. The van der Waals surface area contributed by atoms with Crippen LogP contribution in [0.5, 0.6) is 0 Å². The molecule has 0 radical (unpaired) electrons. The van der Waals surface area contributed by atoms with E-state index in [2.05, 4.69) is 199 Å². The van der Waals surface area contributed by atoms with Gasteiger partial charge in [0.1, 0.15) is 0 Å². The van der Waals surface area contributed by atoms with E-state index in [0.717, 1.165) is 11.4 Å². The molecule has 1 spiro atoms. The van der Waals surface area contributed by atoms with Gasteiger partial charge in [-0.05, 0) is 117 Å². The summed E-state index contributed by atoms with van der Waals surface area (Å²) in [6, 6.07) is 67.2. The van der Waals surface area contributed by atoms with E-state index >= 15 is 0 Å². The van der Waals surface area contributed by atoms with Gasteiger partial charge in [-0.25, -0.2) is 0 Å². The third-order valence-electron chi connectivity index (χ3n) is 11.4. The van der Waals surface area contributed by atoms with Gasteiger partial charge in [0, 0.05) is 27.8 Å². The summed E-state index contributed by atoms with van der Waals surface area (Å²) < 4.78 is 2.43. The summed E-state index contributed by atoms with van der Waals surface area (Å²) in [5, 5.41) is 6.29. The highest BCUT2D eigenvalue weighted by molar-refractivity contribution is 6.12. The normalized spacial score (nSPS) is 15.1. The number of aromatic nitrogens is 1. The third-order valence-corrected chi connectivity index (χ3v) is 11.4. The Hall–Kier alpha value is -6.64. The zero-order chi connectivity index (χ0) is 34.4. The summed E-state index contributed by atoms with van der Waals surface area (Å²) in [6.07, 6.45) is 0. The molecule has 2 nitrogen and oxygen atoms in total. The second-order valence-electron chi connectivity index (χ2n) is 14.3. The maximum absolute atomic E-state index is 3.73. The SMILES string of the molecule is Cc1cccc(-c2ccc(Nc3ccc4c(c3)-c3ccccc3C43c4ccccc4-c4cc5c(cc43)c3ccccc3n5-c3ccccc3)cc2)c1. The lowest BCUT2D eigenvalue weighted by molar-refractivity contribution is 0.795. The van der Waals surface area contributed by atoms with Gasteiger partial charge in [0.05, 0.1) is 16.4 Å². The van der Waals surface area contributed by atoms with Gasteiger partial charge in [0.25, 0.3) is 0 Å². The molecule has 9 aromatic rings. The maximum Gasteiger partial charge on any atom is 0.0725 e. The summed E-state index contributed by atoms with van der Waals surface area (Å²) >= 11 is 0. The number of anilines is 2. The summed E-state index contributed by atoms with van der Waals surface area (Å²) in [7, 11) is 0. The van der Waals surface area contributed by atoms with Crippen molar-refractivity contribution in [1.82, 2.24) is 4.57 Å². The van der Waals surface area contributed by atoms with E-state index in [0.29, 0.717) is 0 Å². The van der Waals surface area contributed by atoms with Crippen LogP contribution in [0.2, 0.25) is 0 Å². The van der Waals surface area contributed by atoms with E-state index in [9.17, 15) is 0 Å². The van der Waals surface area contributed by atoms with Crippen LogP contribution in [0.25, 0.3) is 60.9 Å². The van der Waals surface area contributed by atoms with Gasteiger partial charge in [0.15, 0.2) is 0 Å². The minimum atomic E-state index is -0.421. The molecule has 0 aliphatic heterocycles. The van der Waals surface area contributed by atoms with Crippen molar-refractivity contribution < 1.29 is 0 Å². The molecule has 1 heterocycles. The smallest absolute Gasteiger partial charge is 0.0725 e. The van der Waals surface area contributed by atoms with Crippen LogP contribution in [0, 0.1) is 6.92 Å². The first-order chi connectivity index (χ1) is 25.7. The molecule has 2 heteroatoms. The first-order valence-corrected chi connectivity index (χ1v) is 18.1. The number of hydrogen-bond donors (Lipinski definition) is 1. The lowest BCUT2D eigenvalue weighted by Gasteiger charge is -2.30. The topological polar surface area (TPSA) is 17.0 Å². The highest BCUT2D eigenvalue weighted by Crippen LogP contribution is 2.63. The van der Waals surface area contributed by atoms with Gasteiger partial charge in [-0.15, -0.1) is 0 Å². The van der Waals surface area contributed by atoms with Crippen molar-refractivity contribution in [1.29, 1.82) is 0 Å². The monoisotopic (exact) mass is 662 g/mol. The average molecular weight is 663 g/mol. The van der Waals surface area contributed by atoms with Crippen molar-refractivity contribution >= 4 is 33.2 Å². The molecule has 2 aliphatic rings. The van der Waals surface area contributed by atoms with Gasteiger partial charge < -0.3 is 9.88 Å². The second-order valence-corrected chi connectivity index (χ2v) is 14.3. The zero-order valence-electron chi connectivity index (χ0n) is 28.8. The molecule has 0 bridgehead atoms. The summed E-state index contributed by atoms with van der Waals surface area (Å²) in [5.74, 6) is 0. The van der Waals surface area contributed by atoms with Crippen LogP contribution < -0.4 is 5.32 Å². The Morgan fingerprint density at radius 3 is 1.83 bits per heavy atom. The molecule has 1 atom stereocenters. The second kappa shape index (κ2) is 10.9. The van der Waals surface area contributed by atoms with Crippen LogP contribution in [-0.4, -0.2) is 4.57 Å². The predicted octanol–water partition coefficient (Wildman–Crippen LogP) is 12.8. The molecule has 1 N–H and O–H groups in total. The highest BCUT2D eigenvalue weighted by Gasteiger charge is 2.51. The molecule has 1 unspecified atom stereocenters. The van der Waals surface area contributed by atoms with E-state index in [1.165, 1.54) is 88.7 Å². The van der Waals surface area contributed by atoms with Crippen molar-refractivity contribution in [3.05, 3.63) is 210 Å². The first kappa shape index (κ1) is 29.1. The Balaban J connectivity index is 1.10. The Labute approximate surface area is 303 Å². The number of benzene rings is 8. The van der Waals surface area contributed by atoms with Crippen molar-refractivity contribution in [2.75, 3.05) is 5.32 Å². The number of nitrogens with zero attached hydrogens (tertiary/aromatic N) is 1. The highest BCUT2D eigenvalue weighted by atomic mass is 15.0. The molecule has 11 rings (SSSR count). The van der Waals surface area contributed by atoms with E-state index in [4.69, 9.17) is 0 Å². The molecular weight excluding hydrogens is 629 g/mol. The Bertz CT molecular complexity index is 2880. The van der Waals surface area contributed by atoms with Gasteiger partial charge in [0.2, 0.25) is 0 Å². The zero-order valence-corrected chi connectivity index (χ0v) is 28.8. The van der Waals surface area contributed by atoms with Crippen LogP contribution in [0.4, 0.5) is 11.4 Å². The largest absolute Gasteiger partial charge is 0.356 e. The number of fused-ring (bicyclic) bond motifs is 13. The lowest BCUT2D eigenvalue weighted by Crippen LogP contribution is -2.25. The predicted molar refractivity (Wildman–Crippen MR) is 217 cm³/mol. The molecule has 1 aromatic heterocycles. The number of rotatable bonds is 4. The first-order valence-electron chi connectivity index (χ1n) is 18.1. The molecule has 0 saturated heterocycles. The fraction of sp³-hybridized carbons (Fsp3) is 0.0400. The fourth-order valence-electron chi connectivity index (χ4n) is 9.27. The average Bonchev–Trinajstić information content (AvgIpc) is 3.79. The number of para-hydroxylation sites is 2. The summed E-state index contributed by atoms with van der Waals surface area (Å²) in [5.41, 5.74) is 19.7. The molecule has 2 aliphatic carbocycles. The van der Waals surface area contributed by atoms with E-state index < -0.39 is 5.41 Å². The molecule has 0 amide bonds. The lowest BCUT2D eigenvalue weighted by atomic mass is 9.70. The number of aryl methyl sites for hydroxylation is 1. The quantitative estimate of drug-likeness (QED) is 0.198. The third kappa shape index (κ3) is 4.01. The summed E-state index contributed by atoms with van der Waals surface area (Å²) in [6.45, 7) is 2.14. The molecule has 52 heavy (non-hydrogen) atoms. The number of nitrogens with one attached hydrogen (secondary N) is 1. The van der Waals surface area contributed by atoms with Crippen molar-refractivity contribution in [2.45, 2.75) is 12.3 Å². The van der Waals surface area contributed by atoms with Crippen molar-refractivity contribution in [3.63, 3.8) is 0 Å². The van der Waals surface area contributed by atoms with Crippen LogP contribution >= 0.6 is 0 Å². The Morgan fingerprint density at radius 2 is 1.06 bits per heavy atom. The van der Waals surface area contributed by atoms with Crippen LogP contribution in [0.15, 0.2) is 182 Å². The van der Waals surface area contributed by atoms with Gasteiger partial charge >= 0.3 is 0 Å². The fourth-order valence-corrected chi connectivity index (χ4v) is 9.27. The molecule has 0 saturated carbocycles. The maximum atomic E-state index is 3.73. The number of hydrogen-bond acceptors (Lipinski definition) is 1. The Morgan fingerprint density at radius 1 is 0.404 bits per heavy atom. The molecule has 0 fully saturated rings. The van der Waals surface area contributed by atoms with E-state index in [1.807, 2.05) is 0 Å². The minimum Gasteiger partial charge on any atom is -0.356 e. The van der Waals surface area contributed by atoms with E-state index in [1.54, 1.807) is 0 Å². The van der Waals surface area contributed by atoms with Crippen LogP contribution in [-0.2, 0) is 5.41 Å². The Kier molecular flexibility index (Phi) is 6.12. The van der Waals surface area contributed by atoms with Gasteiger partial charge in [-0.3, -0.25) is 0 Å². The van der Waals surface area contributed by atoms with Gasteiger partial charge in [-0.1, -0.05) is 133 Å². The van der Waals surface area contributed by atoms with Crippen LogP contribution in [0.3, 0.4) is 0 Å². The molecule has 244 valence electrons. The van der Waals surface area contributed by atoms with E-state index in [-0.39, 0.29) is 0 Å². The minimum absolute atomic E-state index is 0.421.